The number of amides is 1. The highest BCUT2D eigenvalue weighted by molar-refractivity contribution is 5.89. The molecular formula is C21H24N2O6. The standard InChI is InChI=1S/C21H24N2O6/c1-3-28-10-11-29-18-7-5-4-6-17(18)23-13-15-12-22(14(2)24)9-8-16(15)19(20(23)25)21(26)27/h4-7,13H,3,8-12H2,1-2H3,(H,26,27). The van der Waals surface area contributed by atoms with E-state index >= 15 is 0 Å². The van der Waals surface area contributed by atoms with Gasteiger partial charge in [0, 0.05) is 32.8 Å². The number of fused-ring (bicyclic) bond motifs is 1. The number of aromatic carboxylic acids is 1. The van der Waals surface area contributed by atoms with Crippen LogP contribution >= 0.6 is 0 Å². The molecule has 0 saturated carbocycles. The number of para-hydroxylation sites is 2. The van der Waals surface area contributed by atoms with E-state index in [1.165, 1.54) is 11.5 Å². The fourth-order valence-corrected chi connectivity index (χ4v) is 3.46. The number of carbonyl (C=O) groups is 2. The van der Waals surface area contributed by atoms with Crippen molar-refractivity contribution in [3.05, 3.63) is 57.5 Å². The molecule has 0 fully saturated rings. The summed E-state index contributed by atoms with van der Waals surface area (Å²) in [7, 11) is 0. The zero-order chi connectivity index (χ0) is 21.0. The maximum absolute atomic E-state index is 13.0. The van der Waals surface area contributed by atoms with Crippen molar-refractivity contribution in [3.8, 4) is 11.4 Å². The number of carboxylic acids is 1. The maximum atomic E-state index is 13.0. The molecule has 0 bridgehead atoms. The largest absolute Gasteiger partial charge is 0.489 e. The molecule has 8 nitrogen and oxygen atoms in total. The molecule has 0 aliphatic carbocycles. The van der Waals surface area contributed by atoms with E-state index in [4.69, 9.17) is 9.47 Å². The van der Waals surface area contributed by atoms with Gasteiger partial charge in [0.05, 0.1) is 12.3 Å². The average molecular weight is 400 g/mol. The normalized spacial score (nSPS) is 13.1. The first-order valence-corrected chi connectivity index (χ1v) is 9.50. The molecule has 1 amide bonds. The Bertz CT molecular complexity index is 982. The molecule has 1 aromatic carbocycles. The topological polar surface area (TPSA) is 98.1 Å². The molecule has 0 saturated heterocycles. The third-order valence-electron chi connectivity index (χ3n) is 4.87. The molecule has 1 aromatic heterocycles. The molecule has 29 heavy (non-hydrogen) atoms. The maximum Gasteiger partial charge on any atom is 0.341 e. The second-order valence-electron chi connectivity index (χ2n) is 6.69. The molecule has 1 aliphatic rings. The lowest BCUT2D eigenvalue weighted by atomic mass is 9.96. The predicted molar refractivity (Wildman–Crippen MR) is 106 cm³/mol. The van der Waals surface area contributed by atoms with Crippen molar-refractivity contribution in [2.45, 2.75) is 26.8 Å². The van der Waals surface area contributed by atoms with Crippen LogP contribution in [0.15, 0.2) is 35.3 Å². The van der Waals surface area contributed by atoms with Crippen molar-refractivity contribution < 1.29 is 24.2 Å². The third kappa shape index (κ3) is 4.32. The summed E-state index contributed by atoms with van der Waals surface area (Å²) in [5.74, 6) is -0.915. The quantitative estimate of drug-likeness (QED) is 0.713. The molecular weight excluding hydrogens is 376 g/mol. The molecule has 8 heteroatoms. The molecule has 2 heterocycles. The highest BCUT2D eigenvalue weighted by Crippen LogP contribution is 2.26. The summed E-state index contributed by atoms with van der Waals surface area (Å²) >= 11 is 0. The van der Waals surface area contributed by atoms with E-state index in [1.807, 2.05) is 6.92 Å². The second-order valence-corrected chi connectivity index (χ2v) is 6.69. The summed E-state index contributed by atoms with van der Waals surface area (Å²) in [6.07, 6.45) is 1.95. The zero-order valence-electron chi connectivity index (χ0n) is 16.5. The van der Waals surface area contributed by atoms with Crippen LogP contribution in [0.1, 0.15) is 35.3 Å². The molecule has 0 radical (unpaired) electrons. The first-order chi connectivity index (χ1) is 13.9. The fourth-order valence-electron chi connectivity index (χ4n) is 3.46. The lowest BCUT2D eigenvalue weighted by molar-refractivity contribution is -0.129. The van der Waals surface area contributed by atoms with Gasteiger partial charge in [-0.15, -0.1) is 0 Å². The van der Waals surface area contributed by atoms with E-state index in [9.17, 15) is 19.5 Å². The number of ether oxygens (including phenoxy) is 2. The van der Waals surface area contributed by atoms with Gasteiger partial charge in [-0.2, -0.15) is 0 Å². The Morgan fingerprint density at radius 2 is 1.97 bits per heavy atom. The SMILES string of the molecule is CCOCCOc1ccccc1-n1cc2c(c(C(=O)O)c1=O)CCN(C(C)=O)C2. The zero-order valence-corrected chi connectivity index (χ0v) is 16.5. The number of rotatable bonds is 7. The van der Waals surface area contributed by atoms with E-state index in [0.717, 1.165) is 0 Å². The first-order valence-electron chi connectivity index (χ1n) is 9.50. The van der Waals surface area contributed by atoms with Crippen LogP contribution in [0.25, 0.3) is 5.69 Å². The number of aromatic nitrogens is 1. The van der Waals surface area contributed by atoms with Crippen molar-refractivity contribution in [3.63, 3.8) is 0 Å². The Morgan fingerprint density at radius 1 is 1.21 bits per heavy atom. The Balaban J connectivity index is 2.08. The summed E-state index contributed by atoms with van der Waals surface area (Å²) in [4.78, 5) is 38.3. The molecule has 2 aromatic rings. The Labute approximate surface area is 168 Å². The molecule has 154 valence electrons. The Hall–Kier alpha value is -3.13. The number of hydrogen-bond donors (Lipinski definition) is 1. The van der Waals surface area contributed by atoms with Crippen LogP contribution in [0.3, 0.4) is 0 Å². The van der Waals surface area contributed by atoms with Crippen LogP contribution in [-0.2, 0) is 22.5 Å². The van der Waals surface area contributed by atoms with Crippen molar-refractivity contribution in [2.24, 2.45) is 0 Å². The van der Waals surface area contributed by atoms with Crippen LogP contribution in [0, 0.1) is 0 Å². The number of pyridine rings is 1. The third-order valence-corrected chi connectivity index (χ3v) is 4.87. The van der Waals surface area contributed by atoms with E-state index in [1.54, 1.807) is 35.4 Å². The van der Waals surface area contributed by atoms with Crippen LogP contribution < -0.4 is 10.3 Å². The van der Waals surface area contributed by atoms with Crippen LogP contribution in [0.5, 0.6) is 5.75 Å². The predicted octanol–water partition coefficient (Wildman–Crippen LogP) is 1.86. The number of benzene rings is 1. The van der Waals surface area contributed by atoms with E-state index in [2.05, 4.69) is 0 Å². The molecule has 0 spiro atoms. The second kappa shape index (κ2) is 8.91. The van der Waals surface area contributed by atoms with Gasteiger partial charge in [0.2, 0.25) is 5.91 Å². The molecule has 1 aliphatic heterocycles. The highest BCUT2D eigenvalue weighted by Gasteiger charge is 2.27. The van der Waals surface area contributed by atoms with Gasteiger partial charge >= 0.3 is 5.97 Å². The van der Waals surface area contributed by atoms with Gasteiger partial charge < -0.3 is 19.5 Å². The van der Waals surface area contributed by atoms with Gasteiger partial charge in [-0.3, -0.25) is 14.2 Å². The summed E-state index contributed by atoms with van der Waals surface area (Å²) in [5.41, 5.74) is 0.709. The molecule has 0 atom stereocenters. The highest BCUT2D eigenvalue weighted by atomic mass is 16.5. The lowest BCUT2D eigenvalue weighted by Gasteiger charge is -2.29. The van der Waals surface area contributed by atoms with Crippen LogP contribution in [0.4, 0.5) is 0 Å². The van der Waals surface area contributed by atoms with E-state index in [0.29, 0.717) is 55.4 Å². The van der Waals surface area contributed by atoms with Gasteiger partial charge in [0.25, 0.3) is 5.56 Å². The average Bonchev–Trinajstić information content (AvgIpc) is 2.70. The molecule has 3 rings (SSSR count). The minimum absolute atomic E-state index is 0.0927. The molecule has 0 unspecified atom stereocenters. The molecule has 1 N–H and O–H groups in total. The van der Waals surface area contributed by atoms with E-state index < -0.39 is 11.5 Å². The van der Waals surface area contributed by atoms with Crippen molar-refractivity contribution >= 4 is 11.9 Å². The Morgan fingerprint density at radius 3 is 2.66 bits per heavy atom. The smallest absolute Gasteiger partial charge is 0.341 e. The number of carbonyl (C=O) groups excluding carboxylic acids is 1. The monoisotopic (exact) mass is 400 g/mol. The first kappa shape index (κ1) is 20.6. The van der Waals surface area contributed by atoms with Gasteiger partial charge in [0.15, 0.2) is 0 Å². The van der Waals surface area contributed by atoms with Gasteiger partial charge in [-0.1, -0.05) is 12.1 Å². The Kier molecular flexibility index (Phi) is 6.33. The minimum Gasteiger partial charge on any atom is -0.489 e. The lowest BCUT2D eigenvalue weighted by Crippen LogP contribution is -2.38. The number of hydrogen-bond acceptors (Lipinski definition) is 5. The van der Waals surface area contributed by atoms with Crippen LogP contribution in [-0.4, -0.2) is 52.8 Å². The van der Waals surface area contributed by atoms with Crippen molar-refractivity contribution in [1.82, 2.24) is 9.47 Å². The summed E-state index contributed by atoms with van der Waals surface area (Å²) in [6.45, 7) is 5.29. The van der Waals surface area contributed by atoms with E-state index in [-0.39, 0.29) is 18.0 Å². The number of carboxylic acid groups (broad SMARTS) is 1. The fraction of sp³-hybridized carbons (Fsp3) is 0.381. The van der Waals surface area contributed by atoms with Crippen LogP contribution in [0.2, 0.25) is 0 Å². The van der Waals surface area contributed by atoms with Crippen molar-refractivity contribution in [1.29, 1.82) is 0 Å². The summed E-state index contributed by atoms with van der Waals surface area (Å²) in [6, 6.07) is 6.94. The summed E-state index contributed by atoms with van der Waals surface area (Å²) in [5, 5.41) is 9.70. The van der Waals surface area contributed by atoms with Gasteiger partial charge in [-0.25, -0.2) is 4.79 Å². The van der Waals surface area contributed by atoms with Crippen molar-refractivity contribution in [2.75, 3.05) is 26.4 Å². The minimum atomic E-state index is -1.27. The van der Waals surface area contributed by atoms with Gasteiger partial charge in [0.1, 0.15) is 17.9 Å². The van der Waals surface area contributed by atoms with Gasteiger partial charge in [-0.05, 0) is 36.6 Å². The number of nitrogens with zero attached hydrogens (tertiary/aromatic N) is 2. The summed E-state index contributed by atoms with van der Waals surface area (Å²) < 4.78 is 12.3.